The summed E-state index contributed by atoms with van der Waals surface area (Å²) in [6.07, 6.45) is 6.31. The second kappa shape index (κ2) is 5.29. The molecule has 0 aromatic rings. The lowest BCUT2D eigenvalue weighted by Crippen LogP contribution is -2.40. The van der Waals surface area contributed by atoms with Gasteiger partial charge in [0.15, 0.2) is 0 Å². The Balaban J connectivity index is 2.32. The molecule has 1 aliphatic rings. The highest BCUT2D eigenvalue weighted by Gasteiger charge is 2.22. The van der Waals surface area contributed by atoms with Crippen LogP contribution in [-0.2, 0) is 0 Å². The molecule has 1 aliphatic carbocycles. The van der Waals surface area contributed by atoms with E-state index in [1.165, 1.54) is 32.1 Å². The van der Waals surface area contributed by atoms with Crippen molar-refractivity contribution in [2.24, 2.45) is 0 Å². The van der Waals surface area contributed by atoms with Gasteiger partial charge in [-0.15, -0.1) is 0 Å². The van der Waals surface area contributed by atoms with Crippen LogP contribution in [0.25, 0.3) is 0 Å². The van der Waals surface area contributed by atoms with Crippen molar-refractivity contribution >= 4 is 0 Å². The van der Waals surface area contributed by atoms with Crippen LogP contribution in [0, 0.1) is 10.1 Å². The first-order chi connectivity index (χ1) is 6.61. The zero-order valence-corrected chi connectivity index (χ0v) is 9.11. The fourth-order valence-electron chi connectivity index (χ4n) is 2.15. The van der Waals surface area contributed by atoms with Crippen LogP contribution < -0.4 is 0 Å². The van der Waals surface area contributed by atoms with Gasteiger partial charge in [0.1, 0.15) is 0 Å². The van der Waals surface area contributed by atoms with E-state index in [2.05, 4.69) is 4.90 Å². The number of likely N-dealkylation sites (N-methyl/N-ethyl adjacent to an activating group) is 1. The smallest absolute Gasteiger partial charge is 0.222 e. The first-order valence-electron chi connectivity index (χ1n) is 5.45. The largest absolute Gasteiger partial charge is 0.297 e. The minimum absolute atomic E-state index is 0.195. The van der Waals surface area contributed by atoms with Gasteiger partial charge >= 0.3 is 0 Å². The van der Waals surface area contributed by atoms with Crippen LogP contribution in [0.1, 0.15) is 39.0 Å². The maximum absolute atomic E-state index is 10.5. The van der Waals surface area contributed by atoms with Crippen LogP contribution in [-0.4, -0.2) is 35.5 Å². The Hall–Kier alpha value is -0.640. The van der Waals surface area contributed by atoms with Gasteiger partial charge in [0.2, 0.25) is 6.04 Å². The van der Waals surface area contributed by atoms with E-state index in [-0.39, 0.29) is 4.92 Å². The normalized spacial score (nSPS) is 21.1. The van der Waals surface area contributed by atoms with Crippen LogP contribution in [0.4, 0.5) is 0 Å². The minimum atomic E-state index is -0.443. The molecular formula is C10H20N2O2. The molecule has 1 saturated carbocycles. The number of hydrogen-bond donors (Lipinski definition) is 0. The second-order valence-electron chi connectivity index (χ2n) is 4.37. The molecule has 1 fully saturated rings. The third-order valence-electron chi connectivity index (χ3n) is 3.11. The Morgan fingerprint density at radius 1 is 1.43 bits per heavy atom. The van der Waals surface area contributed by atoms with E-state index >= 15 is 0 Å². The quantitative estimate of drug-likeness (QED) is 0.514. The third kappa shape index (κ3) is 3.25. The molecule has 4 nitrogen and oxygen atoms in total. The molecule has 0 saturated heterocycles. The fraction of sp³-hybridized carbons (Fsp3) is 1.00. The summed E-state index contributed by atoms with van der Waals surface area (Å²) in [4.78, 5) is 12.5. The van der Waals surface area contributed by atoms with E-state index in [1.54, 1.807) is 6.92 Å². The lowest BCUT2D eigenvalue weighted by atomic mass is 9.94. The van der Waals surface area contributed by atoms with Crippen LogP contribution >= 0.6 is 0 Å². The Bertz CT molecular complexity index is 191. The molecule has 0 radical (unpaired) electrons. The summed E-state index contributed by atoms with van der Waals surface area (Å²) in [7, 11) is 2.01. The van der Waals surface area contributed by atoms with Crippen molar-refractivity contribution in [3.63, 3.8) is 0 Å². The van der Waals surface area contributed by atoms with Gasteiger partial charge in [-0.3, -0.25) is 15.0 Å². The molecule has 14 heavy (non-hydrogen) atoms. The molecule has 4 heteroatoms. The van der Waals surface area contributed by atoms with Crippen LogP contribution in [0.5, 0.6) is 0 Å². The topological polar surface area (TPSA) is 46.4 Å². The van der Waals surface area contributed by atoms with Crippen LogP contribution in [0.15, 0.2) is 0 Å². The molecule has 0 bridgehead atoms. The zero-order valence-electron chi connectivity index (χ0n) is 9.11. The monoisotopic (exact) mass is 200 g/mol. The van der Waals surface area contributed by atoms with Gasteiger partial charge in [-0.2, -0.15) is 0 Å². The van der Waals surface area contributed by atoms with Gasteiger partial charge in [-0.1, -0.05) is 19.3 Å². The van der Waals surface area contributed by atoms with Gasteiger partial charge in [-0.25, -0.2) is 0 Å². The first kappa shape index (κ1) is 11.4. The van der Waals surface area contributed by atoms with E-state index in [1.807, 2.05) is 7.05 Å². The second-order valence-corrected chi connectivity index (χ2v) is 4.37. The molecule has 1 unspecified atom stereocenters. The standard InChI is InChI=1S/C10H20N2O2/c1-9(12(13)14)8-11(2)10-6-4-3-5-7-10/h9-10H,3-8H2,1-2H3. The summed E-state index contributed by atoms with van der Waals surface area (Å²) < 4.78 is 0. The molecule has 0 N–H and O–H groups in total. The van der Waals surface area contributed by atoms with Gasteiger partial charge in [0, 0.05) is 17.9 Å². The molecule has 1 rings (SSSR count). The Morgan fingerprint density at radius 3 is 2.50 bits per heavy atom. The average Bonchev–Trinajstić information content (AvgIpc) is 2.19. The Kier molecular flexibility index (Phi) is 4.32. The van der Waals surface area contributed by atoms with E-state index in [0.29, 0.717) is 12.6 Å². The summed E-state index contributed by atoms with van der Waals surface area (Å²) in [5.74, 6) is 0. The highest BCUT2D eigenvalue weighted by atomic mass is 16.6. The zero-order chi connectivity index (χ0) is 10.6. The molecule has 1 atom stereocenters. The summed E-state index contributed by atoms with van der Waals surface area (Å²) in [5, 5.41) is 10.5. The van der Waals surface area contributed by atoms with Crippen molar-refractivity contribution < 1.29 is 4.92 Å². The van der Waals surface area contributed by atoms with Crippen molar-refractivity contribution in [1.82, 2.24) is 4.90 Å². The highest BCUT2D eigenvalue weighted by molar-refractivity contribution is 4.74. The van der Waals surface area contributed by atoms with Crippen molar-refractivity contribution in [3.8, 4) is 0 Å². The predicted octanol–water partition coefficient (Wildman–Crippen LogP) is 1.92. The van der Waals surface area contributed by atoms with Gasteiger partial charge < -0.3 is 0 Å². The van der Waals surface area contributed by atoms with Gasteiger partial charge in [-0.05, 0) is 19.9 Å². The molecule has 0 amide bonds. The maximum atomic E-state index is 10.5. The third-order valence-corrected chi connectivity index (χ3v) is 3.11. The number of nitrogens with zero attached hydrogens (tertiary/aromatic N) is 2. The summed E-state index contributed by atoms with van der Waals surface area (Å²) in [6.45, 7) is 2.26. The van der Waals surface area contributed by atoms with Gasteiger partial charge in [0.25, 0.3) is 0 Å². The molecule has 82 valence electrons. The minimum Gasteiger partial charge on any atom is -0.297 e. The van der Waals surface area contributed by atoms with Gasteiger partial charge in [0.05, 0.1) is 6.54 Å². The molecular weight excluding hydrogens is 180 g/mol. The van der Waals surface area contributed by atoms with Crippen LogP contribution in [0.3, 0.4) is 0 Å². The number of rotatable bonds is 4. The average molecular weight is 200 g/mol. The lowest BCUT2D eigenvalue weighted by molar-refractivity contribution is -0.518. The van der Waals surface area contributed by atoms with E-state index in [4.69, 9.17) is 0 Å². The van der Waals surface area contributed by atoms with Crippen LogP contribution in [0.2, 0.25) is 0 Å². The lowest BCUT2D eigenvalue weighted by Gasteiger charge is -2.31. The van der Waals surface area contributed by atoms with Crippen molar-refractivity contribution in [3.05, 3.63) is 10.1 Å². The van der Waals surface area contributed by atoms with Crippen molar-refractivity contribution in [2.45, 2.75) is 51.1 Å². The SMILES string of the molecule is CC(CN(C)C1CCCCC1)[N+](=O)[O-]. The molecule has 0 spiro atoms. The Morgan fingerprint density at radius 2 is 2.00 bits per heavy atom. The van der Waals surface area contributed by atoms with Crippen molar-refractivity contribution in [2.75, 3.05) is 13.6 Å². The number of nitro groups is 1. The summed E-state index contributed by atoms with van der Waals surface area (Å²) in [5.41, 5.74) is 0. The molecule has 0 aromatic heterocycles. The predicted molar refractivity (Wildman–Crippen MR) is 56.0 cm³/mol. The Labute approximate surface area is 85.4 Å². The summed E-state index contributed by atoms with van der Waals surface area (Å²) >= 11 is 0. The van der Waals surface area contributed by atoms with Crippen molar-refractivity contribution in [1.29, 1.82) is 0 Å². The van der Waals surface area contributed by atoms with E-state index < -0.39 is 6.04 Å². The maximum Gasteiger partial charge on any atom is 0.222 e. The molecule has 0 aromatic carbocycles. The molecule has 0 aliphatic heterocycles. The highest BCUT2D eigenvalue weighted by Crippen LogP contribution is 2.21. The number of hydrogen-bond acceptors (Lipinski definition) is 3. The first-order valence-corrected chi connectivity index (χ1v) is 5.45. The van der Waals surface area contributed by atoms with E-state index in [0.717, 1.165) is 0 Å². The fourth-order valence-corrected chi connectivity index (χ4v) is 2.15. The summed E-state index contributed by atoms with van der Waals surface area (Å²) in [6, 6.07) is 0.132. The molecule has 0 heterocycles. The van der Waals surface area contributed by atoms with E-state index in [9.17, 15) is 10.1 Å².